The summed E-state index contributed by atoms with van der Waals surface area (Å²) in [5.74, 6) is -1.04. The Labute approximate surface area is 90.5 Å². The van der Waals surface area contributed by atoms with Crippen LogP contribution in [-0.4, -0.2) is 15.9 Å². The van der Waals surface area contributed by atoms with Crippen molar-refractivity contribution in [2.24, 2.45) is 0 Å². The lowest BCUT2D eigenvalue weighted by molar-refractivity contribution is 0.102. The number of rotatable bonds is 2. The Morgan fingerprint density at radius 3 is 3.00 bits per heavy atom. The number of carbonyl (C=O) groups is 1. The van der Waals surface area contributed by atoms with E-state index < -0.39 is 11.7 Å². The van der Waals surface area contributed by atoms with Crippen LogP contribution in [0.5, 0.6) is 0 Å². The fraction of sp³-hybridized carbons (Fsp3) is 0. The highest BCUT2D eigenvalue weighted by Crippen LogP contribution is 2.13. The summed E-state index contributed by atoms with van der Waals surface area (Å²) in [5, 5.41) is 2.40. The molecule has 2 heterocycles. The van der Waals surface area contributed by atoms with Crippen LogP contribution in [0.4, 0.5) is 15.8 Å². The molecule has 0 atom stereocenters. The molecule has 0 fully saturated rings. The summed E-state index contributed by atoms with van der Waals surface area (Å²) in [6.45, 7) is 0. The highest BCUT2D eigenvalue weighted by atomic mass is 19.1. The van der Waals surface area contributed by atoms with Gasteiger partial charge in [0.2, 0.25) is 0 Å². The average molecular weight is 220 g/mol. The van der Waals surface area contributed by atoms with Crippen molar-refractivity contribution >= 4 is 17.3 Å². The van der Waals surface area contributed by atoms with Gasteiger partial charge >= 0.3 is 0 Å². The number of nitrogens with one attached hydrogen (secondary N) is 2. The van der Waals surface area contributed by atoms with Gasteiger partial charge < -0.3 is 16.0 Å². The van der Waals surface area contributed by atoms with E-state index in [0.29, 0.717) is 5.69 Å². The molecule has 0 aliphatic carbocycles. The van der Waals surface area contributed by atoms with Gasteiger partial charge in [-0.3, -0.25) is 9.78 Å². The first-order valence-electron chi connectivity index (χ1n) is 4.51. The van der Waals surface area contributed by atoms with Gasteiger partial charge in [-0.1, -0.05) is 0 Å². The fourth-order valence-electron chi connectivity index (χ4n) is 1.21. The number of halogens is 1. The fourth-order valence-corrected chi connectivity index (χ4v) is 1.21. The van der Waals surface area contributed by atoms with E-state index in [1.54, 1.807) is 0 Å². The highest BCUT2D eigenvalue weighted by molar-refractivity contribution is 6.03. The SMILES string of the molecule is Nc1c[nH]c(C(=O)Nc2ccncc2F)c1. The van der Waals surface area contributed by atoms with Gasteiger partial charge in [0.1, 0.15) is 5.69 Å². The minimum absolute atomic E-state index is 0.0770. The predicted molar refractivity (Wildman–Crippen MR) is 57.4 cm³/mol. The minimum atomic E-state index is -0.588. The molecular formula is C10H9FN4O. The van der Waals surface area contributed by atoms with Gasteiger partial charge in [-0.05, 0) is 12.1 Å². The van der Waals surface area contributed by atoms with Crippen molar-refractivity contribution in [3.8, 4) is 0 Å². The van der Waals surface area contributed by atoms with Crippen molar-refractivity contribution in [2.45, 2.75) is 0 Å². The molecule has 0 aliphatic heterocycles. The molecule has 4 N–H and O–H groups in total. The van der Waals surface area contributed by atoms with Gasteiger partial charge in [-0.2, -0.15) is 0 Å². The van der Waals surface area contributed by atoms with Crippen LogP contribution in [0.15, 0.2) is 30.7 Å². The van der Waals surface area contributed by atoms with E-state index in [9.17, 15) is 9.18 Å². The van der Waals surface area contributed by atoms with E-state index in [-0.39, 0.29) is 11.4 Å². The van der Waals surface area contributed by atoms with Gasteiger partial charge in [0.05, 0.1) is 11.9 Å². The number of nitrogens with two attached hydrogens (primary N) is 1. The van der Waals surface area contributed by atoms with Crippen LogP contribution in [0.1, 0.15) is 10.5 Å². The van der Waals surface area contributed by atoms with E-state index in [4.69, 9.17) is 5.73 Å². The molecule has 82 valence electrons. The van der Waals surface area contributed by atoms with Crippen molar-refractivity contribution in [1.82, 2.24) is 9.97 Å². The molecule has 1 amide bonds. The van der Waals surface area contributed by atoms with Crippen LogP contribution in [0, 0.1) is 5.82 Å². The van der Waals surface area contributed by atoms with Crippen LogP contribution in [0.2, 0.25) is 0 Å². The second kappa shape index (κ2) is 4.01. The van der Waals surface area contributed by atoms with Crippen LogP contribution in [0.25, 0.3) is 0 Å². The molecule has 0 radical (unpaired) electrons. The zero-order valence-corrected chi connectivity index (χ0v) is 8.20. The molecule has 2 aromatic heterocycles. The number of carbonyl (C=O) groups excluding carboxylic acids is 1. The third-order valence-corrected chi connectivity index (χ3v) is 1.97. The lowest BCUT2D eigenvalue weighted by Gasteiger charge is -2.03. The molecule has 0 saturated heterocycles. The lowest BCUT2D eigenvalue weighted by atomic mass is 10.3. The van der Waals surface area contributed by atoms with Crippen LogP contribution in [0.3, 0.4) is 0 Å². The van der Waals surface area contributed by atoms with E-state index in [0.717, 1.165) is 6.20 Å². The zero-order chi connectivity index (χ0) is 11.5. The molecular weight excluding hydrogens is 211 g/mol. The standard InChI is InChI=1S/C10H9FN4O/c11-7-5-13-2-1-8(7)15-10(16)9-3-6(12)4-14-9/h1-5,14H,12H2,(H,13,15,16). The number of anilines is 2. The number of nitrogens with zero attached hydrogens (tertiary/aromatic N) is 1. The molecule has 0 aromatic carbocycles. The number of aromatic nitrogens is 2. The van der Waals surface area contributed by atoms with Crippen molar-refractivity contribution < 1.29 is 9.18 Å². The van der Waals surface area contributed by atoms with Gasteiger partial charge in [0.15, 0.2) is 5.82 Å². The lowest BCUT2D eigenvalue weighted by Crippen LogP contribution is -2.13. The molecule has 5 nitrogen and oxygen atoms in total. The molecule has 2 aromatic rings. The normalized spacial score (nSPS) is 10.1. The Bertz CT molecular complexity index is 523. The number of pyridine rings is 1. The smallest absolute Gasteiger partial charge is 0.272 e. The molecule has 2 rings (SSSR count). The number of nitrogen functional groups attached to an aromatic ring is 1. The quantitative estimate of drug-likeness (QED) is 0.714. The number of hydrogen-bond acceptors (Lipinski definition) is 3. The molecule has 0 aliphatic rings. The molecule has 0 unspecified atom stereocenters. The Kier molecular flexibility index (Phi) is 2.55. The average Bonchev–Trinajstić information content (AvgIpc) is 2.68. The van der Waals surface area contributed by atoms with Gasteiger partial charge in [0.25, 0.3) is 5.91 Å². The Morgan fingerprint density at radius 2 is 2.38 bits per heavy atom. The Morgan fingerprint density at radius 1 is 1.56 bits per heavy atom. The van der Waals surface area contributed by atoms with Crippen molar-refractivity contribution in [3.63, 3.8) is 0 Å². The summed E-state index contributed by atoms with van der Waals surface area (Å²) in [5.41, 5.74) is 6.24. The number of H-pyrrole nitrogens is 1. The molecule has 16 heavy (non-hydrogen) atoms. The number of amides is 1. The second-order valence-electron chi connectivity index (χ2n) is 3.16. The maximum Gasteiger partial charge on any atom is 0.272 e. The first-order valence-corrected chi connectivity index (χ1v) is 4.51. The van der Waals surface area contributed by atoms with Crippen molar-refractivity contribution in [1.29, 1.82) is 0 Å². The second-order valence-corrected chi connectivity index (χ2v) is 3.16. The summed E-state index contributed by atoms with van der Waals surface area (Å²) < 4.78 is 13.2. The number of hydrogen-bond donors (Lipinski definition) is 3. The summed E-state index contributed by atoms with van der Waals surface area (Å²) in [4.78, 5) is 17.8. The first kappa shape index (κ1) is 10.2. The molecule has 6 heteroatoms. The van der Waals surface area contributed by atoms with Gasteiger partial charge in [0, 0.05) is 18.1 Å². The predicted octanol–water partition coefficient (Wildman–Crippen LogP) is 1.38. The maximum atomic E-state index is 13.2. The van der Waals surface area contributed by atoms with Gasteiger partial charge in [-0.15, -0.1) is 0 Å². The number of aromatic amines is 1. The third kappa shape index (κ3) is 2.00. The first-order chi connectivity index (χ1) is 7.66. The minimum Gasteiger partial charge on any atom is -0.397 e. The van der Waals surface area contributed by atoms with Crippen LogP contribution < -0.4 is 11.1 Å². The highest BCUT2D eigenvalue weighted by Gasteiger charge is 2.10. The third-order valence-electron chi connectivity index (χ3n) is 1.97. The van der Waals surface area contributed by atoms with E-state index in [1.165, 1.54) is 24.5 Å². The van der Waals surface area contributed by atoms with Crippen molar-refractivity contribution in [3.05, 3.63) is 42.2 Å². The summed E-state index contributed by atoms with van der Waals surface area (Å²) in [6, 6.07) is 2.84. The largest absolute Gasteiger partial charge is 0.397 e. The van der Waals surface area contributed by atoms with Gasteiger partial charge in [-0.25, -0.2) is 4.39 Å². The van der Waals surface area contributed by atoms with Crippen LogP contribution >= 0.6 is 0 Å². The molecule has 0 bridgehead atoms. The molecule has 0 saturated carbocycles. The van der Waals surface area contributed by atoms with E-state index >= 15 is 0 Å². The zero-order valence-electron chi connectivity index (χ0n) is 8.20. The van der Waals surface area contributed by atoms with Crippen molar-refractivity contribution in [2.75, 3.05) is 11.1 Å². The summed E-state index contributed by atoms with van der Waals surface area (Å²) >= 11 is 0. The Balaban J connectivity index is 2.17. The summed E-state index contributed by atoms with van der Waals surface area (Å²) in [7, 11) is 0. The van der Waals surface area contributed by atoms with E-state index in [2.05, 4.69) is 15.3 Å². The van der Waals surface area contributed by atoms with E-state index in [1.807, 2.05) is 0 Å². The molecule has 0 spiro atoms. The summed E-state index contributed by atoms with van der Waals surface area (Å²) in [6.07, 6.45) is 3.90. The topological polar surface area (TPSA) is 83.8 Å². The Hall–Kier alpha value is -2.37. The maximum absolute atomic E-state index is 13.2. The monoisotopic (exact) mass is 220 g/mol. The van der Waals surface area contributed by atoms with Crippen LogP contribution in [-0.2, 0) is 0 Å².